The summed E-state index contributed by atoms with van der Waals surface area (Å²) in [6.45, 7) is 11.0. The molecule has 0 spiro atoms. The highest BCUT2D eigenvalue weighted by Gasteiger charge is 2.27. The van der Waals surface area contributed by atoms with Gasteiger partial charge in [-0.3, -0.25) is 0 Å². The van der Waals surface area contributed by atoms with Gasteiger partial charge in [-0.1, -0.05) is 47.5 Å². The quantitative estimate of drug-likeness (QED) is 0.658. The van der Waals surface area contributed by atoms with E-state index in [9.17, 15) is 5.11 Å². The number of hydrogen-bond donors (Lipinski definition) is 1. The molecule has 0 aliphatic carbocycles. The molecule has 0 saturated heterocycles. The van der Waals surface area contributed by atoms with Gasteiger partial charge in [-0.2, -0.15) is 0 Å². The van der Waals surface area contributed by atoms with Crippen LogP contribution in [0.5, 0.6) is 0 Å². The largest absolute Gasteiger partial charge is 0.390 e. The van der Waals surface area contributed by atoms with Crippen molar-refractivity contribution in [1.82, 2.24) is 0 Å². The molecule has 0 unspecified atom stereocenters. The average Bonchev–Trinajstić information content (AvgIpc) is 1.97. The van der Waals surface area contributed by atoms with Crippen molar-refractivity contribution < 1.29 is 5.11 Å². The molecular weight excluding hydrogens is 172 g/mol. The molecular formula is C13H28O. The molecule has 0 amide bonds. The highest BCUT2D eigenvalue weighted by Crippen LogP contribution is 2.29. The van der Waals surface area contributed by atoms with Crippen LogP contribution in [0.3, 0.4) is 0 Å². The lowest BCUT2D eigenvalue weighted by molar-refractivity contribution is -0.00910. The van der Waals surface area contributed by atoms with E-state index >= 15 is 0 Å². The van der Waals surface area contributed by atoms with Crippen LogP contribution in [-0.4, -0.2) is 10.7 Å². The van der Waals surface area contributed by atoms with Gasteiger partial charge >= 0.3 is 0 Å². The first kappa shape index (κ1) is 14.0. The maximum absolute atomic E-state index is 10.5. The second kappa shape index (κ2) is 6.44. The molecule has 86 valence electrons. The molecule has 14 heavy (non-hydrogen) atoms. The Labute approximate surface area is 89.9 Å². The summed E-state index contributed by atoms with van der Waals surface area (Å²) in [5, 5.41) is 10.5. The van der Waals surface area contributed by atoms with E-state index in [1.165, 1.54) is 6.42 Å². The van der Waals surface area contributed by atoms with Gasteiger partial charge < -0.3 is 5.11 Å². The molecule has 0 aromatic heterocycles. The predicted octanol–water partition coefficient (Wildman–Crippen LogP) is 4.00. The summed E-state index contributed by atoms with van der Waals surface area (Å²) in [4.78, 5) is 0. The lowest BCUT2D eigenvalue weighted by Gasteiger charge is -2.31. The highest BCUT2D eigenvalue weighted by atomic mass is 16.3. The van der Waals surface area contributed by atoms with Crippen molar-refractivity contribution in [2.75, 3.05) is 0 Å². The van der Waals surface area contributed by atoms with Gasteiger partial charge in [0, 0.05) is 0 Å². The van der Waals surface area contributed by atoms with Crippen molar-refractivity contribution in [3.8, 4) is 0 Å². The molecule has 1 nitrogen and oxygen atoms in total. The molecule has 0 radical (unpaired) electrons. The third-order valence-corrected chi connectivity index (χ3v) is 2.57. The third-order valence-electron chi connectivity index (χ3n) is 2.57. The monoisotopic (exact) mass is 200 g/mol. The molecule has 0 rings (SSSR count). The fourth-order valence-corrected chi connectivity index (χ4v) is 2.31. The minimum absolute atomic E-state index is 0.404. The van der Waals surface area contributed by atoms with E-state index in [4.69, 9.17) is 0 Å². The summed E-state index contributed by atoms with van der Waals surface area (Å²) >= 11 is 0. The molecule has 0 fully saturated rings. The Morgan fingerprint density at radius 2 is 1.43 bits per heavy atom. The Kier molecular flexibility index (Phi) is 6.43. The normalized spacial score (nSPS) is 12.9. The Hall–Kier alpha value is -0.0400. The smallest absolute Gasteiger partial charge is 0.0652 e. The third kappa shape index (κ3) is 6.42. The Morgan fingerprint density at radius 3 is 1.71 bits per heavy atom. The summed E-state index contributed by atoms with van der Waals surface area (Å²) in [6.07, 6.45) is 5.20. The van der Waals surface area contributed by atoms with E-state index < -0.39 is 5.60 Å². The minimum Gasteiger partial charge on any atom is -0.390 e. The summed E-state index contributed by atoms with van der Waals surface area (Å²) in [5.41, 5.74) is -0.404. The molecule has 0 aromatic carbocycles. The first-order valence-electron chi connectivity index (χ1n) is 6.12. The number of hydrogen-bond acceptors (Lipinski definition) is 1. The van der Waals surface area contributed by atoms with Crippen molar-refractivity contribution in [3.05, 3.63) is 0 Å². The van der Waals surface area contributed by atoms with Gasteiger partial charge in [0.2, 0.25) is 0 Å². The lowest BCUT2D eigenvalue weighted by atomic mass is 9.81. The van der Waals surface area contributed by atoms with E-state index in [1.54, 1.807) is 0 Å². The summed E-state index contributed by atoms with van der Waals surface area (Å²) in [7, 11) is 0. The SMILES string of the molecule is CCCCC(O)(CC(C)C)CC(C)C. The Morgan fingerprint density at radius 1 is 1.00 bits per heavy atom. The van der Waals surface area contributed by atoms with Gasteiger partial charge in [-0.25, -0.2) is 0 Å². The van der Waals surface area contributed by atoms with Crippen LogP contribution in [0.1, 0.15) is 66.7 Å². The number of rotatable bonds is 7. The first-order chi connectivity index (χ1) is 6.39. The number of unbranched alkanes of at least 4 members (excludes halogenated alkanes) is 1. The zero-order chi connectivity index (χ0) is 11.2. The molecule has 1 heteroatoms. The van der Waals surface area contributed by atoms with Gasteiger partial charge in [0.05, 0.1) is 5.60 Å². The van der Waals surface area contributed by atoms with Gasteiger partial charge in [0.25, 0.3) is 0 Å². The Bertz CT molecular complexity index is 128. The molecule has 1 N–H and O–H groups in total. The van der Waals surface area contributed by atoms with E-state index in [0.29, 0.717) is 11.8 Å². The molecule has 0 aliphatic heterocycles. The molecule has 0 heterocycles. The average molecular weight is 200 g/mol. The van der Waals surface area contributed by atoms with Crippen LogP contribution in [-0.2, 0) is 0 Å². The molecule has 0 atom stereocenters. The van der Waals surface area contributed by atoms with Crippen molar-refractivity contribution in [2.45, 2.75) is 72.3 Å². The lowest BCUT2D eigenvalue weighted by Crippen LogP contribution is -2.32. The summed E-state index contributed by atoms with van der Waals surface area (Å²) in [6, 6.07) is 0. The van der Waals surface area contributed by atoms with E-state index in [2.05, 4.69) is 34.6 Å². The standard InChI is InChI=1S/C13H28O/c1-6-7-8-13(14,9-11(2)3)10-12(4)5/h11-12,14H,6-10H2,1-5H3. The van der Waals surface area contributed by atoms with Crippen LogP contribution < -0.4 is 0 Å². The second-order valence-corrected chi connectivity index (χ2v) is 5.52. The number of aliphatic hydroxyl groups is 1. The van der Waals surface area contributed by atoms with Gasteiger partial charge in [-0.05, 0) is 31.1 Å². The summed E-state index contributed by atoms with van der Waals surface area (Å²) in [5.74, 6) is 1.19. The van der Waals surface area contributed by atoms with Crippen molar-refractivity contribution in [3.63, 3.8) is 0 Å². The van der Waals surface area contributed by atoms with Crippen LogP contribution in [0.2, 0.25) is 0 Å². The zero-order valence-electron chi connectivity index (χ0n) is 10.6. The summed E-state index contributed by atoms with van der Waals surface area (Å²) < 4.78 is 0. The first-order valence-corrected chi connectivity index (χ1v) is 6.12. The van der Waals surface area contributed by atoms with E-state index in [1.807, 2.05) is 0 Å². The van der Waals surface area contributed by atoms with Gasteiger partial charge in [0.15, 0.2) is 0 Å². The maximum atomic E-state index is 10.5. The molecule has 0 aromatic rings. The van der Waals surface area contributed by atoms with Crippen molar-refractivity contribution >= 4 is 0 Å². The van der Waals surface area contributed by atoms with Gasteiger partial charge in [0.1, 0.15) is 0 Å². The van der Waals surface area contributed by atoms with Crippen LogP contribution >= 0.6 is 0 Å². The predicted molar refractivity (Wildman–Crippen MR) is 63.4 cm³/mol. The Balaban J connectivity index is 4.17. The van der Waals surface area contributed by atoms with Crippen LogP contribution in [0.15, 0.2) is 0 Å². The van der Waals surface area contributed by atoms with Crippen molar-refractivity contribution in [1.29, 1.82) is 0 Å². The van der Waals surface area contributed by atoms with Gasteiger partial charge in [-0.15, -0.1) is 0 Å². The fourth-order valence-electron chi connectivity index (χ4n) is 2.31. The second-order valence-electron chi connectivity index (χ2n) is 5.52. The van der Waals surface area contributed by atoms with Crippen LogP contribution in [0.25, 0.3) is 0 Å². The van der Waals surface area contributed by atoms with E-state index in [0.717, 1.165) is 25.7 Å². The fraction of sp³-hybridized carbons (Fsp3) is 1.00. The highest BCUT2D eigenvalue weighted by molar-refractivity contribution is 4.80. The topological polar surface area (TPSA) is 20.2 Å². The van der Waals surface area contributed by atoms with Crippen LogP contribution in [0.4, 0.5) is 0 Å². The molecule has 0 bridgehead atoms. The van der Waals surface area contributed by atoms with Crippen molar-refractivity contribution in [2.24, 2.45) is 11.8 Å². The molecule has 0 aliphatic rings. The molecule has 0 saturated carbocycles. The van der Waals surface area contributed by atoms with Crippen LogP contribution in [0, 0.1) is 11.8 Å². The van der Waals surface area contributed by atoms with E-state index in [-0.39, 0.29) is 0 Å². The minimum atomic E-state index is -0.404. The zero-order valence-corrected chi connectivity index (χ0v) is 10.6. The maximum Gasteiger partial charge on any atom is 0.0652 e.